The van der Waals surface area contributed by atoms with E-state index in [1.165, 1.54) is 0 Å². The van der Waals surface area contributed by atoms with Gasteiger partial charge in [-0.2, -0.15) is 0 Å². The second-order valence-electron chi connectivity index (χ2n) is 5.33. The van der Waals surface area contributed by atoms with Gasteiger partial charge >= 0.3 is 0 Å². The van der Waals surface area contributed by atoms with Crippen LogP contribution < -0.4 is 0 Å². The van der Waals surface area contributed by atoms with Crippen molar-refractivity contribution in [3.63, 3.8) is 0 Å². The molecule has 0 radical (unpaired) electrons. The zero-order valence-corrected chi connectivity index (χ0v) is 12.6. The van der Waals surface area contributed by atoms with Gasteiger partial charge < -0.3 is 5.11 Å². The number of benzene rings is 3. The number of aliphatic hydroxyl groups is 1. The summed E-state index contributed by atoms with van der Waals surface area (Å²) >= 11 is 6.25. The van der Waals surface area contributed by atoms with Gasteiger partial charge in [-0.15, -0.1) is 0 Å². The molecular weight excluding hydrogens is 280 g/mol. The van der Waals surface area contributed by atoms with Gasteiger partial charge in [0.25, 0.3) is 0 Å². The zero-order chi connectivity index (χ0) is 14.8. The van der Waals surface area contributed by atoms with Crippen molar-refractivity contribution in [2.45, 2.75) is 18.9 Å². The number of hydrogen-bond donors (Lipinski definition) is 1. The molecule has 0 heterocycles. The standard InChI is InChI=1S/C19H17ClO/c1-13(14-7-3-2-4-8-14)19(21)17-11-12-18(20)16-10-6-5-9-15(16)17/h2-13,19,21H,1H3. The Balaban J connectivity index is 2.06. The molecule has 0 saturated carbocycles. The monoisotopic (exact) mass is 296 g/mol. The van der Waals surface area contributed by atoms with Crippen LogP contribution >= 0.6 is 11.6 Å². The van der Waals surface area contributed by atoms with Gasteiger partial charge in [0, 0.05) is 16.3 Å². The number of halogens is 1. The maximum absolute atomic E-state index is 10.8. The van der Waals surface area contributed by atoms with E-state index in [4.69, 9.17) is 11.6 Å². The van der Waals surface area contributed by atoms with Crippen molar-refractivity contribution in [2.24, 2.45) is 0 Å². The molecule has 0 amide bonds. The van der Waals surface area contributed by atoms with Crippen LogP contribution in [0.1, 0.15) is 30.1 Å². The molecule has 2 unspecified atom stereocenters. The Morgan fingerprint density at radius 1 is 0.810 bits per heavy atom. The lowest BCUT2D eigenvalue weighted by atomic mass is 9.88. The largest absolute Gasteiger partial charge is 0.388 e. The van der Waals surface area contributed by atoms with E-state index in [1.807, 2.05) is 73.7 Å². The third-order valence-electron chi connectivity index (χ3n) is 4.02. The Morgan fingerprint density at radius 3 is 2.14 bits per heavy atom. The van der Waals surface area contributed by atoms with Crippen LogP contribution in [-0.2, 0) is 0 Å². The van der Waals surface area contributed by atoms with E-state index < -0.39 is 6.10 Å². The molecule has 0 bridgehead atoms. The highest BCUT2D eigenvalue weighted by Crippen LogP contribution is 2.36. The van der Waals surface area contributed by atoms with Gasteiger partial charge in [-0.3, -0.25) is 0 Å². The Morgan fingerprint density at radius 2 is 1.43 bits per heavy atom. The molecule has 2 atom stereocenters. The molecule has 3 aromatic rings. The predicted molar refractivity (Wildman–Crippen MR) is 88.8 cm³/mol. The van der Waals surface area contributed by atoms with Gasteiger partial charge in [0.15, 0.2) is 0 Å². The topological polar surface area (TPSA) is 20.2 Å². The molecular formula is C19H17ClO. The molecule has 0 saturated heterocycles. The average molecular weight is 297 g/mol. The van der Waals surface area contributed by atoms with Crippen LogP contribution in [0.5, 0.6) is 0 Å². The Kier molecular flexibility index (Phi) is 3.96. The Labute approximate surface area is 129 Å². The molecule has 0 aliphatic heterocycles. The summed E-state index contributed by atoms with van der Waals surface area (Å²) in [5, 5.41) is 13.5. The van der Waals surface area contributed by atoms with Crippen molar-refractivity contribution in [2.75, 3.05) is 0 Å². The summed E-state index contributed by atoms with van der Waals surface area (Å²) in [7, 11) is 0. The summed E-state index contributed by atoms with van der Waals surface area (Å²) in [4.78, 5) is 0. The van der Waals surface area contributed by atoms with E-state index in [0.29, 0.717) is 5.02 Å². The minimum Gasteiger partial charge on any atom is -0.388 e. The summed E-state index contributed by atoms with van der Waals surface area (Å²) in [6.07, 6.45) is -0.561. The van der Waals surface area contributed by atoms with E-state index in [0.717, 1.165) is 21.9 Å². The van der Waals surface area contributed by atoms with Crippen LogP contribution in [0, 0.1) is 0 Å². The van der Waals surface area contributed by atoms with E-state index in [1.54, 1.807) is 0 Å². The van der Waals surface area contributed by atoms with Crippen molar-refractivity contribution in [3.8, 4) is 0 Å². The number of fused-ring (bicyclic) bond motifs is 1. The molecule has 106 valence electrons. The first-order valence-corrected chi connectivity index (χ1v) is 7.46. The predicted octanol–water partition coefficient (Wildman–Crippen LogP) is 5.33. The van der Waals surface area contributed by atoms with Gasteiger partial charge in [0.05, 0.1) is 6.10 Å². The fraction of sp³-hybridized carbons (Fsp3) is 0.158. The highest BCUT2D eigenvalue weighted by Gasteiger charge is 2.20. The van der Waals surface area contributed by atoms with Crippen LogP contribution in [-0.4, -0.2) is 5.11 Å². The lowest BCUT2D eigenvalue weighted by Crippen LogP contribution is -2.08. The molecule has 21 heavy (non-hydrogen) atoms. The molecule has 0 aromatic heterocycles. The van der Waals surface area contributed by atoms with E-state index >= 15 is 0 Å². The first-order valence-electron chi connectivity index (χ1n) is 7.08. The van der Waals surface area contributed by atoms with Crippen LogP contribution in [0.3, 0.4) is 0 Å². The van der Waals surface area contributed by atoms with Crippen molar-refractivity contribution < 1.29 is 5.11 Å². The fourth-order valence-corrected chi connectivity index (χ4v) is 2.98. The summed E-state index contributed by atoms with van der Waals surface area (Å²) in [6, 6.07) is 21.8. The van der Waals surface area contributed by atoms with Crippen LogP contribution in [0.25, 0.3) is 10.8 Å². The second kappa shape index (κ2) is 5.88. The Hall–Kier alpha value is -1.83. The van der Waals surface area contributed by atoms with Crippen LogP contribution in [0.2, 0.25) is 5.02 Å². The minimum atomic E-state index is -0.561. The number of aliphatic hydroxyl groups excluding tert-OH is 1. The smallest absolute Gasteiger partial charge is 0.0861 e. The number of rotatable bonds is 3. The molecule has 3 rings (SSSR count). The number of hydrogen-bond acceptors (Lipinski definition) is 1. The summed E-state index contributed by atoms with van der Waals surface area (Å²) in [6.45, 7) is 2.05. The lowest BCUT2D eigenvalue weighted by molar-refractivity contribution is 0.153. The first kappa shape index (κ1) is 14.1. The maximum atomic E-state index is 10.8. The van der Waals surface area contributed by atoms with Crippen molar-refractivity contribution in [1.29, 1.82) is 0 Å². The minimum absolute atomic E-state index is 0.0239. The summed E-state index contributed by atoms with van der Waals surface area (Å²) < 4.78 is 0. The molecule has 0 aliphatic carbocycles. The first-order chi connectivity index (χ1) is 10.2. The van der Waals surface area contributed by atoms with Gasteiger partial charge in [-0.05, 0) is 22.6 Å². The normalized spacial score (nSPS) is 14.0. The SMILES string of the molecule is CC(c1ccccc1)C(O)c1ccc(Cl)c2ccccc12. The molecule has 1 N–H and O–H groups in total. The highest BCUT2D eigenvalue weighted by molar-refractivity contribution is 6.35. The highest BCUT2D eigenvalue weighted by atomic mass is 35.5. The van der Waals surface area contributed by atoms with Gasteiger partial charge in [-0.25, -0.2) is 0 Å². The van der Waals surface area contributed by atoms with Gasteiger partial charge in [-0.1, -0.05) is 79.2 Å². The molecule has 0 fully saturated rings. The average Bonchev–Trinajstić information content (AvgIpc) is 2.55. The van der Waals surface area contributed by atoms with Crippen LogP contribution in [0.4, 0.5) is 0 Å². The summed E-state index contributed by atoms with van der Waals surface area (Å²) in [5.41, 5.74) is 2.05. The Bertz CT molecular complexity index is 752. The van der Waals surface area contributed by atoms with E-state index in [2.05, 4.69) is 0 Å². The maximum Gasteiger partial charge on any atom is 0.0861 e. The van der Waals surface area contributed by atoms with E-state index in [-0.39, 0.29) is 5.92 Å². The molecule has 1 nitrogen and oxygen atoms in total. The quantitative estimate of drug-likeness (QED) is 0.692. The lowest BCUT2D eigenvalue weighted by Gasteiger charge is -2.21. The fourth-order valence-electron chi connectivity index (χ4n) is 2.75. The molecule has 3 aromatic carbocycles. The third-order valence-corrected chi connectivity index (χ3v) is 4.35. The van der Waals surface area contributed by atoms with Crippen molar-refractivity contribution in [1.82, 2.24) is 0 Å². The molecule has 2 heteroatoms. The second-order valence-corrected chi connectivity index (χ2v) is 5.73. The van der Waals surface area contributed by atoms with Crippen LogP contribution in [0.15, 0.2) is 66.7 Å². The molecule has 0 aliphatic rings. The van der Waals surface area contributed by atoms with Crippen molar-refractivity contribution >= 4 is 22.4 Å². The van der Waals surface area contributed by atoms with Gasteiger partial charge in [0.2, 0.25) is 0 Å². The van der Waals surface area contributed by atoms with Gasteiger partial charge in [0.1, 0.15) is 0 Å². The third kappa shape index (κ3) is 2.67. The van der Waals surface area contributed by atoms with E-state index in [9.17, 15) is 5.11 Å². The zero-order valence-electron chi connectivity index (χ0n) is 11.8. The van der Waals surface area contributed by atoms with Crippen molar-refractivity contribution in [3.05, 3.63) is 82.9 Å². The molecule has 0 spiro atoms. The summed E-state index contributed by atoms with van der Waals surface area (Å²) in [5.74, 6) is 0.0239.